The summed E-state index contributed by atoms with van der Waals surface area (Å²) in [6.45, 7) is 17.1. The number of carbonyl (C=O) groups excluding carboxylic acids is 2. The van der Waals surface area contributed by atoms with Gasteiger partial charge in [0.05, 0.1) is 24.2 Å². The van der Waals surface area contributed by atoms with E-state index in [1.54, 1.807) is 0 Å². The smallest absolute Gasteiger partial charge is 0.312 e. The Morgan fingerprint density at radius 3 is 2.26 bits per heavy atom. The fourth-order valence-electron chi connectivity index (χ4n) is 11.6. The maximum Gasteiger partial charge on any atom is 0.312 e. The Bertz CT molecular complexity index is 1080. The third kappa shape index (κ3) is 3.58. The lowest BCUT2D eigenvalue weighted by Gasteiger charge is -2.72. The zero-order valence-electron chi connectivity index (χ0n) is 25.7. The van der Waals surface area contributed by atoms with Crippen LogP contribution in [0.1, 0.15) is 107 Å². The number of allylic oxidation sites excluding steroid dienone is 1. The molecule has 0 amide bonds. The number of esters is 2. The molecular weight excluding hydrogens is 492 g/mol. The van der Waals surface area contributed by atoms with E-state index in [2.05, 4.69) is 47.6 Å². The Kier molecular flexibility index (Phi) is 6.57. The van der Waals surface area contributed by atoms with Gasteiger partial charge in [-0.15, -0.1) is 0 Å². The molecule has 11 atom stereocenters. The summed E-state index contributed by atoms with van der Waals surface area (Å²) in [5, 5.41) is 23.5. The molecule has 0 bridgehead atoms. The van der Waals surface area contributed by atoms with E-state index >= 15 is 0 Å². The van der Waals surface area contributed by atoms with E-state index < -0.39 is 23.2 Å². The molecule has 0 radical (unpaired) electrons. The second kappa shape index (κ2) is 8.80. The number of hydrogen-bond donors (Lipinski definition) is 2. The summed E-state index contributed by atoms with van der Waals surface area (Å²) in [7, 11) is 1.49. The van der Waals surface area contributed by atoms with Crippen LogP contribution in [0.25, 0.3) is 0 Å². The van der Waals surface area contributed by atoms with Crippen LogP contribution in [0.15, 0.2) is 11.6 Å². The van der Waals surface area contributed by atoms with E-state index in [-0.39, 0.29) is 45.4 Å². The Balaban J connectivity index is 1.61. The van der Waals surface area contributed by atoms with Gasteiger partial charge in [-0.2, -0.15) is 0 Å². The molecule has 0 spiro atoms. The van der Waals surface area contributed by atoms with Gasteiger partial charge in [0, 0.05) is 18.3 Å². The average Bonchev–Trinajstić information content (AvgIpc) is 2.83. The van der Waals surface area contributed by atoms with Crippen LogP contribution in [0.2, 0.25) is 0 Å². The standard InChI is InChI=1S/C33H52O6/c1-19-12-15-33(27(36)38-9)17-16-30(6)21(25(33)32(19,8)37)10-11-24-29(5)18-22(35)26(39-20(2)34)28(3,4)23(29)13-14-31(24,30)7/h10,19,22-26,35,37H,11-18H2,1-9H3/t19-,22-,23?,24-,25+,26+,29+,30-,31-,32-,33+/m1/s1. The van der Waals surface area contributed by atoms with Crippen molar-refractivity contribution < 1.29 is 29.3 Å². The first-order valence-corrected chi connectivity index (χ1v) is 15.3. The first-order chi connectivity index (χ1) is 17.9. The van der Waals surface area contributed by atoms with Crippen molar-refractivity contribution in [3.8, 4) is 0 Å². The topological polar surface area (TPSA) is 93.1 Å². The minimum absolute atomic E-state index is 0.0502. The normalized spacial score (nSPS) is 52.2. The number of hydrogen-bond acceptors (Lipinski definition) is 6. The van der Waals surface area contributed by atoms with Gasteiger partial charge in [0.1, 0.15) is 6.10 Å². The first kappa shape index (κ1) is 29.1. The van der Waals surface area contributed by atoms with E-state index in [4.69, 9.17) is 9.47 Å². The SMILES string of the molecule is COC(=O)[C@]12CC[C@@H](C)[C@@](C)(O)[C@@H]1C1=CC[C@@H]3[C@@]4(C)C[C@@H](O)[C@H](OC(C)=O)C(C)(C)C4CC[C@@]3(C)[C@]1(C)CC2. The fourth-order valence-corrected chi connectivity index (χ4v) is 11.6. The highest BCUT2D eigenvalue weighted by atomic mass is 16.6. The van der Waals surface area contributed by atoms with E-state index in [9.17, 15) is 19.8 Å². The van der Waals surface area contributed by atoms with Crippen LogP contribution in [-0.2, 0) is 19.1 Å². The van der Waals surface area contributed by atoms with Crippen LogP contribution in [0.5, 0.6) is 0 Å². The monoisotopic (exact) mass is 544 g/mol. The lowest BCUT2D eigenvalue weighted by atomic mass is 9.33. The number of aliphatic hydroxyl groups is 2. The predicted octanol–water partition coefficient (Wildman–Crippen LogP) is 5.83. The molecule has 4 saturated carbocycles. The zero-order chi connectivity index (χ0) is 29.0. The fraction of sp³-hybridized carbons (Fsp3) is 0.879. The van der Waals surface area contributed by atoms with E-state index in [1.165, 1.54) is 19.6 Å². The van der Waals surface area contributed by atoms with Crippen molar-refractivity contribution >= 4 is 11.9 Å². The van der Waals surface area contributed by atoms with Gasteiger partial charge in [-0.3, -0.25) is 9.59 Å². The molecule has 5 aliphatic carbocycles. The molecule has 0 aromatic rings. The lowest BCUT2D eigenvalue weighted by molar-refractivity contribution is -0.243. The molecule has 2 N–H and O–H groups in total. The minimum Gasteiger partial charge on any atom is -0.469 e. The Morgan fingerprint density at radius 1 is 0.974 bits per heavy atom. The average molecular weight is 545 g/mol. The number of aliphatic hydroxyl groups excluding tert-OH is 1. The molecule has 0 aromatic carbocycles. The third-order valence-electron chi connectivity index (χ3n) is 13.8. The number of methoxy groups -OCH3 is 1. The van der Waals surface area contributed by atoms with Gasteiger partial charge in [-0.25, -0.2) is 0 Å². The molecule has 39 heavy (non-hydrogen) atoms. The van der Waals surface area contributed by atoms with Crippen molar-refractivity contribution in [3.63, 3.8) is 0 Å². The van der Waals surface area contributed by atoms with Crippen molar-refractivity contribution in [1.29, 1.82) is 0 Å². The van der Waals surface area contributed by atoms with Gasteiger partial charge in [0.25, 0.3) is 0 Å². The molecule has 0 aromatic heterocycles. The molecule has 6 heteroatoms. The van der Waals surface area contributed by atoms with Crippen LogP contribution in [0.4, 0.5) is 0 Å². The van der Waals surface area contributed by atoms with E-state index in [0.717, 1.165) is 44.9 Å². The maximum atomic E-state index is 13.5. The molecule has 1 unspecified atom stereocenters. The van der Waals surface area contributed by atoms with E-state index in [0.29, 0.717) is 18.3 Å². The van der Waals surface area contributed by atoms with Crippen LogP contribution in [-0.4, -0.2) is 47.1 Å². The second-order valence-electron chi connectivity index (χ2n) is 15.7. The van der Waals surface area contributed by atoms with Crippen LogP contribution < -0.4 is 0 Å². The summed E-state index contributed by atoms with van der Waals surface area (Å²) in [6, 6.07) is 0. The summed E-state index contributed by atoms with van der Waals surface area (Å²) in [6.07, 6.45) is 7.91. The highest BCUT2D eigenvalue weighted by Gasteiger charge is 2.72. The molecule has 5 aliphatic rings. The van der Waals surface area contributed by atoms with Gasteiger partial charge < -0.3 is 19.7 Å². The molecule has 0 saturated heterocycles. The first-order valence-electron chi connectivity index (χ1n) is 15.3. The van der Waals surface area contributed by atoms with Gasteiger partial charge in [-0.05, 0) is 92.3 Å². The summed E-state index contributed by atoms with van der Waals surface area (Å²) in [5.74, 6) is -0.0237. The van der Waals surface area contributed by atoms with Gasteiger partial charge in [-0.1, -0.05) is 53.2 Å². The summed E-state index contributed by atoms with van der Waals surface area (Å²) in [4.78, 5) is 25.4. The summed E-state index contributed by atoms with van der Waals surface area (Å²) in [5.41, 5.74) is -1.10. The Hall–Kier alpha value is -1.40. The van der Waals surface area contributed by atoms with Crippen molar-refractivity contribution in [2.75, 3.05) is 7.11 Å². The van der Waals surface area contributed by atoms with Crippen molar-refractivity contribution in [1.82, 2.24) is 0 Å². The minimum atomic E-state index is -0.996. The van der Waals surface area contributed by atoms with Crippen LogP contribution >= 0.6 is 0 Å². The number of carbonyl (C=O) groups is 2. The number of fused-ring (bicyclic) bond motifs is 7. The van der Waals surface area contributed by atoms with Gasteiger partial charge in [0.2, 0.25) is 0 Å². The molecule has 5 rings (SSSR count). The number of rotatable bonds is 2. The highest BCUT2D eigenvalue weighted by Crippen LogP contribution is 2.76. The zero-order valence-corrected chi connectivity index (χ0v) is 25.7. The third-order valence-corrected chi connectivity index (χ3v) is 13.8. The molecular formula is C33H52O6. The predicted molar refractivity (Wildman–Crippen MR) is 149 cm³/mol. The van der Waals surface area contributed by atoms with Gasteiger partial charge in [0.15, 0.2) is 0 Å². The largest absolute Gasteiger partial charge is 0.469 e. The van der Waals surface area contributed by atoms with Crippen molar-refractivity contribution in [2.24, 2.45) is 50.7 Å². The summed E-state index contributed by atoms with van der Waals surface area (Å²) >= 11 is 0. The molecule has 4 fully saturated rings. The molecule has 6 nitrogen and oxygen atoms in total. The van der Waals surface area contributed by atoms with Crippen LogP contribution in [0.3, 0.4) is 0 Å². The Morgan fingerprint density at radius 2 is 1.64 bits per heavy atom. The highest BCUT2D eigenvalue weighted by molar-refractivity contribution is 5.79. The lowest BCUT2D eigenvalue weighted by Crippen LogP contribution is -2.69. The Labute approximate surface area is 235 Å². The van der Waals surface area contributed by atoms with Crippen molar-refractivity contribution in [2.45, 2.75) is 125 Å². The quantitative estimate of drug-likeness (QED) is 0.335. The molecule has 0 heterocycles. The van der Waals surface area contributed by atoms with Crippen molar-refractivity contribution in [3.05, 3.63) is 11.6 Å². The molecule has 0 aliphatic heterocycles. The van der Waals surface area contributed by atoms with E-state index in [1.807, 2.05) is 6.92 Å². The molecule has 220 valence electrons. The summed E-state index contributed by atoms with van der Waals surface area (Å²) < 4.78 is 11.2. The van der Waals surface area contributed by atoms with Crippen LogP contribution in [0, 0.1) is 50.7 Å². The maximum absolute atomic E-state index is 13.5. The van der Waals surface area contributed by atoms with Gasteiger partial charge >= 0.3 is 11.9 Å². The second-order valence-corrected chi connectivity index (χ2v) is 15.7. The number of ether oxygens (including phenoxy) is 2.